The fourth-order valence-corrected chi connectivity index (χ4v) is 2.72. The lowest BCUT2D eigenvalue weighted by Crippen LogP contribution is -2.38. The molecule has 130 valence electrons. The molecule has 0 aliphatic heterocycles. The van der Waals surface area contributed by atoms with Crippen LogP contribution in [0, 0.1) is 13.8 Å². The lowest BCUT2D eigenvalue weighted by atomic mass is 10.00. The lowest BCUT2D eigenvalue weighted by Gasteiger charge is -2.12. The van der Waals surface area contributed by atoms with E-state index >= 15 is 0 Å². The molecule has 2 heterocycles. The average Bonchev–Trinajstić information content (AvgIpc) is 2.83. The minimum atomic E-state index is -1.06. The van der Waals surface area contributed by atoms with E-state index in [0.29, 0.717) is 12.3 Å². The van der Waals surface area contributed by atoms with E-state index in [4.69, 9.17) is 9.84 Å². The highest BCUT2D eigenvalue weighted by molar-refractivity contribution is 5.87. The summed E-state index contributed by atoms with van der Waals surface area (Å²) in [5, 5.41) is 16.4. The Labute approximate surface area is 139 Å². The Morgan fingerprint density at radius 2 is 2.04 bits per heavy atom. The highest BCUT2D eigenvalue weighted by Crippen LogP contribution is 2.30. The molecule has 1 amide bonds. The molecule has 2 rings (SSSR count). The molecule has 0 aliphatic rings. The minimum absolute atomic E-state index is 0.190. The Hall–Kier alpha value is -2.64. The fourth-order valence-electron chi connectivity index (χ4n) is 2.72. The van der Waals surface area contributed by atoms with Gasteiger partial charge < -0.3 is 15.2 Å². The van der Waals surface area contributed by atoms with Gasteiger partial charge in [0, 0.05) is 19.2 Å². The number of ether oxygens (including phenoxy) is 1. The van der Waals surface area contributed by atoms with Crippen molar-refractivity contribution >= 4 is 22.9 Å². The van der Waals surface area contributed by atoms with Gasteiger partial charge in [0.1, 0.15) is 6.04 Å². The summed E-state index contributed by atoms with van der Waals surface area (Å²) in [6.45, 7) is 5.28. The molecule has 0 aromatic carbocycles. The smallest absolute Gasteiger partial charge is 0.325 e. The van der Waals surface area contributed by atoms with Gasteiger partial charge in [-0.25, -0.2) is 9.67 Å². The monoisotopic (exact) mass is 334 g/mol. The Morgan fingerprint density at radius 3 is 2.62 bits per heavy atom. The van der Waals surface area contributed by atoms with E-state index < -0.39 is 12.0 Å². The zero-order valence-electron chi connectivity index (χ0n) is 14.5. The van der Waals surface area contributed by atoms with Gasteiger partial charge in [0.05, 0.1) is 12.5 Å². The third kappa shape index (κ3) is 3.32. The minimum Gasteiger partial charge on any atom is -0.480 e. The number of carboxylic acids is 1. The number of carbonyl (C=O) groups excluding carboxylic acids is 1. The molecular formula is C16H22N4O4. The molecule has 2 aromatic rings. The van der Waals surface area contributed by atoms with E-state index in [1.54, 1.807) is 18.8 Å². The highest BCUT2D eigenvalue weighted by Gasteiger charge is 2.19. The van der Waals surface area contributed by atoms with Crippen molar-refractivity contribution in [2.24, 2.45) is 7.05 Å². The number of hydrogen-bond acceptors (Lipinski definition) is 5. The van der Waals surface area contributed by atoms with Crippen LogP contribution < -0.4 is 10.1 Å². The third-order valence-corrected chi connectivity index (χ3v) is 4.07. The van der Waals surface area contributed by atoms with Crippen LogP contribution in [0.5, 0.6) is 5.88 Å². The second-order valence-electron chi connectivity index (χ2n) is 5.76. The Balaban J connectivity index is 2.26. The van der Waals surface area contributed by atoms with E-state index in [1.807, 2.05) is 13.8 Å². The van der Waals surface area contributed by atoms with Gasteiger partial charge in [0.25, 0.3) is 0 Å². The van der Waals surface area contributed by atoms with Crippen molar-refractivity contribution < 1.29 is 19.4 Å². The number of methoxy groups -OCH3 is 1. The van der Waals surface area contributed by atoms with Crippen LogP contribution in [0.4, 0.5) is 0 Å². The highest BCUT2D eigenvalue weighted by atomic mass is 16.5. The number of aryl methyl sites for hydroxylation is 3. The fraction of sp³-hybridized carbons (Fsp3) is 0.500. The number of pyridine rings is 1. The number of carbonyl (C=O) groups is 2. The van der Waals surface area contributed by atoms with Gasteiger partial charge in [0.15, 0.2) is 5.65 Å². The summed E-state index contributed by atoms with van der Waals surface area (Å²) in [6.07, 6.45) is 0.659. The quantitative estimate of drug-likeness (QED) is 0.820. The summed E-state index contributed by atoms with van der Waals surface area (Å²) < 4.78 is 6.98. The first kappa shape index (κ1) is 17.7. The van der Waals surface area contributed by atoms with Gasteiger partial charge >= 0.3 is 5.97 Å². The van der Waals surface area contributed by atoms with Crippen molar-refractivity contribution in [1.29, 1.82) is 0 Å². The Kier molecular flexibility index (Phi) is 5.06. The number of nitrogens with one attached hydrogen (secondary N) is 1. The standard InChI is InChI=1S/C16H22N4O4/c1-8-11(6-7-12(21)17-10(3)16(22)23)9(2)18-14-13(8)15(24-5)19-20(14)4/h10H,6-7H2,1-5H3,(H,17,21)(H,22,23). The first-order valence-corrected chi connectivity index (χ1v) is 7.65. The van der Waals surface area contributed by atoms with E-state index in [0.717, 1.165) is 27.9 Å². The largest absolute Gasteiger partial charge is 0.480 e. The van der Waals surface area contributed by atoms with Crippen molar-refractivity contribution in [2.75, 3.05) is 7.11 Å². The maximum absolute atomic E-state index is 11.9. The number of aliphatic carboxylic acids is 1. The van der Waals surface area contributed by atoms with Gasteiger partial charge in [-0.05, 0) is 38.3 Å². The molecule has 0 saturated heterocycles. The van der Waals surface area contributed by atoms with Crippen LogP contribution in [0.2, 0.25) is 0 Å². The number of amides is 1. The normalized spacial score (nSPS) is 12.2. The summed E-state index contributed by atoms with van der Waals surface area (Å²) in [5.41, 5.74) is 3.48. The topological polar surface area (TPSA) is 106 Å². The average molecular weight is 334 g/mol. The Bertz CT molecular complexity index is 797. The number of nitrogens with zero attached hydrogens (tertiary/aromatic N) is 3. The van der Waals surface area contributed by atoms with Crippen molar-refractivity contribution in [3.8, 4) is 5.88 Å². The van der Waals surface area contributed by atoms with Crippen molar-refractivity contribution in [3.63, 3.8) is 0 Å². The number of carboxylic acid groups (broad SMARTS) is 1. The molecule has 2 N–H and O–H groups in total. The zero-order chi connectivity index (χ0) is 18.0. The first-order valence-electron chi connectivity index (χ1n) is 7.65. The second kappa shape index (κ2) is 6.86. The molecule has 8 nitrogen and oxygen atoms in total. The van der Waals surface area contributed by atoms with E-state index in [1.165, 1.54) is 6.92 Å². The second-order valence-corrected chi connectivity index (χ2v) is 5.76. The van der Waals surface area contributed by atoms with Gasteiger partial charge in [-0.1, -0.05) is 0 Å². The van der Waals surface area contributed by atoms with Gasteiger partial charge in [-0.15, -0.1) is 5.10 Å². The molecule has 1 unspecified atom stereocenters. The molecular weight excluding hydrogens is 312 g/mol. The van der Waals surface area contributed by atoms with Crippen LogP contribution in [0.3, 0.4) is 0 Å². The van der Waals surface area contributed by atoms with Crippen molar-refractivity contribution in [1.82, 2.24) is 20.1 Å². The van der Waals surface area contributed by atoms with Crippen LogP contribution in [0.25, 0.3) is 11.0 Å². The summed E-state index contributed by atoms with van der Waals surface area (Å²) in [7, 11) is 3.36. The molecule has 0 bridgehead atoms. The molecule has 24 heavy (non-hydrogen) atoms. The molecule has 8 heteroatoms. The van der Waals surface area contributed by atoms with Crippen molar-refractivity contribution in [2.45, 2.75) is 39.7 Å². The molecule has 0 fully saturated rings. The van der Waals surface area contributed by atoms with Gasteiger partial charge in [-0.2, -0.15) is 0 Å². The summed E-state index contributed by atoms with van der Waals surface area (Å²) >= 11 is 0. The van der Waals surface area contributed by atoms with Gasteiger partial charge in [-0.3, -0.25) is 9.59 Å². The number of hydrogen-bond donors (Lipinski definition) is 2. The molecule has 1 atom stereocenters. The summed E-state index contributed by atoms with van der Waals surface area (Å²) in [4.78, 5) is 27.3. The maximum atomic E-state index is 11.9. The van der Waals surface area contributed by atoms with Crippen LogP contribution >= 0.6 is 0 Å². The van der Waals surface area contributed by atoms with Crippen molar-refractivity contribution in [3.05, 3.63) is 16.8 Å². The van der Waals surface area contributed by atoms with Crippen LogP contribution in [-0.2, 0) is 23.1 Å². The lowest BCUT2D eigenvalue weighted by molar-refractivity contribution is -0.141. The first-order chi connectivity index (χ1) is 11.3. The van der Waals surface area contributed by atoms with Crippen LogP contribution in [-0.4, -0.2) is 44.9 Å². The SMILES string of the molecule is COc1nn(C)c2nc(C)c(CCC(=O)NC(C)C(=O)O)c(C)c12. The molecule has 0 radical (unpaired) electrons. The molecule has 0 spiro atoms. The van der Waals surface area contributed by atoms with E-state index in [-0.39, 0.29) is 12.3 Å². The molecule has 0 saturated carbocycles. The number of fused-ring (bicyclic) bond motifs is 1. The molecule has 0 aliphatic carbocycles. The van der Waals surface area contributed by atoms with E-state index in [2.05, 4.69) is 15.4 Å². The third-order valence-electron chi connectivity index (χ3n) is 4.07. The zero-order valence-corrected chi connectivity index (χ0v) is 14.5. The number of rotatable bonds is 6. The predicted molar refractivity (Wildman–Crippen MR) is 88.1 cm³/mol. The predicted octanol–water partition coefficient (Wildman–Crippen LogP) is 1.12. The van der Waals surface area contributed by atoms with E-state index in [9.17, 15) is 9.59 Å². The number of aromatic nitrogens is 3. The molecule has 2 aromatic heterocycles. The van der Waals surface area contributed by atoms with Crippen LogP contribution in [0.15, 0.2) is 0 Å². The Morgan fingerprint density at radius 1 is 1.38 bits per heavy atom. The maximum Gasteiger partial charge on any atom is 0.325 e. The summed E-state index contributed by atoms with van der Waals surface area (Å²) in [6, 6.07) is -0.904. The van der Waals surface area contributed by atoms with Crippen LogP contribution in [0.1, 0.15) is 30.2 Å². The van der Waals surface area contributed by atoms with Gasteiger partial charge in [0.2, 0.25) is 11.8 Å². The summed E-state index contributed by atoms with van der Waals surface area (Å²) in [5.74, 6) is -0.858.